The van der Waals surface area contributed by atoms with Crippen molar-refractivity contribution in [1.29, 1.82) is 0 Å². The van der Waals surface area contributed by atoms with Crippen LogP contribution in [0.4, 0.5) is 8.78 Å². The summed E-state index contributed by atoms with van der Waals surface area (Å²) in [4.78, 5) is 31.1. The van der Waals surface area contributed by atoms with Crippen molar-refractivity contribution >= 4 is 11.8 Å². The first-order valence-corrected chi connectivity index (χ1v) is 9.00. The zero-order valence-corrected chi connectivity index (χ0v) is 14.5. The number of nitrogens with one attached hydrogen (secondary N) is 1. The highest BCUT2D eigenvalue weighted by atomic mass is 19.3. The number of halogens is 2. The smallest absolute Gasteiger partial charge is 0.282 e. The normalized spacial score (nSPS) is 29.5. The lowest BCUT2D eigenvalue weighted by molar-refractivity contribution is -0.168. The topological polar surface area (TPSA) is 65.6 Å². The molecule has 0 saturated carbocycles. The van der Waals surface area contributed by atoms with E-state index in [1.54, 1.807) is 0 Å². The van der Waals surface area contributed by atoms with Gasteiger partial charge in [-0.05, 0) is 18.6 Å². The minimum Gasteiger partial charge on any atom is -0.380 e. The van der Waals surface area contributed by atoms with E-state index in [0.29, 0.717) is 39.1 Å². The van der Waals surface area contributed by atoms with Gasteiger partial charge in [-0.3, -0.25) is 9.59 Å². The molecular formula is C18H23F2N3O3. The van der Waals surface area contributed by atoms with Crippen molar-refractivity contribution in [2.24, 2.45) is 11.3 Å². The summed E-state index contributed by atoms with van der Waals surface area (Å²) in [5, 5.41) is 0. The Morgan fingerprint density at radius 1 is 1.23 bits per heavy atom. The van der Waals surface area contributed by atoms with Crippen LogP contribution in [0.1, 0.15) is 18.5 Å². The first-order valence-electron chi connectivity index (χ1n) is 9.00. The lowest BCUT2D eigenvalue weighted by Gasteiger charge is -2.40. The largest absolute Gasteiger partial charge is 0.380 e. The fraction of sp³-hybridized carbons (Fsp3) is 0.667. The second-order valence-corrected chi connectivity index (χ2v) is 7.83. The number of hydrogen-bond acceptors (Lipinski definition) is 3. The van der Waals surface area contributed by atoms with Gasteiger partial charge in [0.2, 0.25) is 11.8 Å². The monoisotopic (exact) mass is 367 g/mol. The van der Waals surface area contributed by atoms with Gasteiger partial charge in [0.15, 0.2) is 0 Å². The van der Waals surface area contributed by atoms with Crippen LogP contribution >= 0.6 is 0 Å². The van der Waals surface area contributed by atoms with Crippen LogP contribution in [0.2, 0.25) is 0 Å². The molecule has 4 rings (SSSR count). The van der Waals surface area contributed by atoms with Gasteiger partial charge in [-0.15, -0.1) is 0 Å². The number of H-pyrrole nitrogens is 1. The third-order valence-corrected chi connectivity index (χ3v) is 5.84. The second-order valence-electron chi connectivity index (χ2n) is 7.83. The number of nitrogens with zero attached hydrogens (tertiary/aromatic N) is 2. The Balaban J connectivity index is 1.35. The fourth-order valence-corrected chi connectivity index (χ4v) is 4.30. The van der Waals surface area contributed by atoms with Crippen molar-refractivity contribution in [1.82, 2.24) is 14.8 Å². The number of carbonyl (C=O) groups is 2. The Morgan fingerprint density at radius 2 is 2.04 bits per heavy atom. The van der Waals surface area contributed by atoms with E-state index < -0.39 is 24.4 Å². The lowest BCUT2D eigenvalue weighted by Crippen LogP contribution is -2.59. The molecule has 1 aromatic heterocycles. The predicted octanol–water partition coefficient (Wildman–Crippen LogP) is 1.29. The molecule has 0 radical (unpaired) electrons. The zero-order valence-electron chi connectivity index (χ0n) is 14.5. The van der Waals surface area contributed by atoms with E-state index in [-0.39, 0.29) is 24.2 Å². The maximum absolute atomic E-state index is 13.0. The molecule has 6 nitrogen and oxygen atoms in total. The minimum absolute atomic E-state index is 0.0660. The number of carbonyl (C=O) groups excluding carboxylic acids is 2. The SMILES string of the molecule is O=C(C[C@]12COC[C@H]1CN(C(=O)CCc1ccc[nH]1)C2)N1CC(F)(F)C1. The third-order valence-electron chi connectivity index (χ3n) is 5.84. The number of aryl methyl sites for hydroxylation is 1. The minimum atomic E-state index is -2.76. The second kappa shape index (κ2) is 6.33. The molecule has 0 aliphatic carbocycles. The van der Waals surface area contributed by atoms with Gasteiger partial charge in [-0.2, -0.15) is 0 Å². The molecule has 3 aliphatic rings. The number of amides is 2. The van der Waals surface area contributed by atoms with Crippen LogP contribution in [0.25, 0.3) is 0 Å². The van der Waals surface area contributed by atoms with Crippen LogP contribution < -0.4 is 0 Å². The number of hydrogen-bond donors (Lipinski definition) is 1. The van der Waals surface area contributed by atoms with Gasteiger partial charge >= 0.3 is 0 Å². The molecule has 3 saturated heterocycles. The Morgan fingerprint density at radius 3 is 2.73 bits per heavy atom. The number of aromatic nitrogens is 1. The first kappa shape index (κ1) is 17.5. The molecule has 3 fully saturated rings. The molecule has 2 amide bonds. The average Bonchev–Trinajstić information content (AvgIpc) is 3.25. The van der Waals surface area contributed by atoms with Crippen LogP contribution in [-0.2, 0) is 20.7 Å². The van der Waals surface area contributed by atoms with Crippen LogP contribution in [-0.4, -0.2) is 71.9 Å². The average molecular weight is 367 g/mol. The molecule has 0 bridgehead atoms. The van der Waals surface area contributed by atoms with Gasteiger partial charge in [-0.25, -0.2) is 8.78 Å². The summed E-state index contributed by atoms with van der Waals surface area (Å²) < 4.78 is 31.6. The molecule has 1 N–H and O–H groups in total. The molecule has 4 heterocycles. The van der Waals surface area contributed by atoms with Gasteiger partial charge in [0, 0.05) is 49.2 Å². The van der Waals surface area contributed by atoms with Crippen LogP contribution in [0.3, 0.4) is 0 Å². The molecule has 1 aromatic rings. The van der Waals surface area contributed by atoms with Gasteiger partial charge < -0.3 is 19.5 Å². The van der Waals surface area contributed by atoms with E-state index in [1.165, 1.54) is 4.90 Å². The number of rotatable bonds is 5. The molecule has 0 aromatic carbocycles. The Bertz CT molecular complexity index is 686. The van der Waals surface area contributed by atoms with Crippen molar-refractivity contribution < 1.29 is 23.1 Å². The molecule has 0 unspecified atom stereocenters. The molecular weight excluding hydrogens is 344 g/mol. The Kier molecular flexibility index (Phi) is 4.25. The highest BCUT2D eigenvalue weighted by Crippen LogP contribution is 2.45. The summed E-state index contributed by atoms with van der Waals surface area (Å²) in [5.41, 5.74) is 0.592. The summed E-state index contributed by atoms with van der Waals surface area (Å²) >= 11 is 0. The van der Waals surface area contributed by atoms with E-state index in [0.717, 1.165) is 5.69 Å². The highest BCUT2D eigenvalue weighted by Gasteiger charge is 2.55. The van der Waals surface area contributed by atoms with Crippen LogP contribution in [0.15, 0.2) is 18.3 Å². The summed E-state index contributed by atoms with van der Waals surface area (Å²) in [7, 11) is 0. The quantitative estimate of drug-likeness (QED) is 0.853. The molecule has 142 valence electrons. The summed E-state index contributed by atoms with van der Waals surface area (Å²) in [5.74, 6) is -2.85. The van der Waals surface area contributed by atoms with Gasteiger partial charge in [0.05, 0.1) is 26.3 Å². The summed E-state index contributed by atoms with van der Waals surface area (Å²) in [6.45, 7) is 0.987. The van der Waals surface area contributed by atoms with Crippen LogP contribution in [0.5, 0.6) is 0 Å². The van der Waals surface area contributed by atoms with Gasteiger partial charge in [-0.1, -0.05) is 0 Å². The number of ether oxygens (including phenoxy) is 1. The first-order chi connectivity index (χ1) is 12.4. The van der Waals surface area contributed by atoms with Crippen molar-refractivity contribution in [2.75, 3.05) is 39.4 Å². The number of alkyl halides is 2. The standard InChI is InChI=1S/C18H23F2N3O3/c19-18(20)10-23(11-18)16(25)6-17-9-22(7-13(17)8-26-12-17)15(24)4-3-14-2-1-5-21-14/h1-2,5,13,21H,3-4,6-12H2/t13-,17+/m1/s1. The van der Waals surface area contributed by atoms with E-state index >= 15 is 0 Å². The Labute approximate surface area is 150 Å². The summed E-state index contributed by atoms with van der Waals surface area (Å²) in [6.07, 6.45) is 3.07. The molecule has 8 heteroatoms. The number of aromatic amines is 1. The molecule has 0 spiro atoms. The van der Waals surface area contributed by atoms with Crippen LogP contribution in [0, 0.1) is 11.3 Å². The summed E-state index contributed by atoms with van der Waals surface area (Å²) in [6, 6.07) is 3.85. The van der Waals surface area contributed by atoms with Gasteiger partial charge in [0.25, 0.3) is 5.92 Å². The zero-order chi connectivity index (χ0) is 18.4. The van der Waals surface area contributed by atoms with E-state index in [1.807, 2.05) is 23.2 Å². The number of fused-ring (bicyclic) bond motifs is 1. The Hall–Kier alpha value is -1.96. The number of likely N-dealkylation sites (tertiary alicyclic amines) is 2. The van der Waals surface area contributed by atoms with Crippen molar-refractivity contribution in [2.45, 2.75) is 25.2 Å². The molecule has 26 heavy (non-hydrogen) atoms. The lowest BCUT2D eigenvalue weighted by atomic mass is 9.77. The fourth-order valence-electron chi connectivity index (χ4n) is 4.30. The van der Waals surface area contributed by atoms with Crippen molar-refractivity contribution in [3.8, 4) is 0 Å². The van der Waals surface area contributed by atoms with E-state index in [4.69, 9.17) is 4.74 Å². The van der Waals surface area contributed by atoms with Crippen molar-refractivity contribution in [3.63, 3.8) is 0 Å². The predicted molar refractivity (Wildman–Crippen MR) is 88.6 cm³/mol. The van der Waals surface area contributed by atoms with E-state index in [2.05, 4.69) is 4.98 Å². The third kappa shape index (κ3) is 3.22. The molecule has 2 atom stereocenters. The van der Waals surface area contributed by atoms with Crippen molar-refractivity contribution in [3.05, 3.63) is 24.0 Å². The maximum Gasteiger partial charge on any atom is 0.282 e. The highest BCUT2D eigenvalue weighted by molar-refractivity contribution is 5.79. The maximum atomic E-state index is 13.0. The van der Waals surface area contributed by atoms with Gasteiger partial charge in [0.1, 0.15) is 0 Å². The molecule has 3 aliphatic heterocycles. The van der Waals surface area contributed by atoms with E-state index in [9.17, 15) is 18.4 Å².